The van der Waals surface area contributed by atoms with E-state index in [4.69, 9.17) is 27.4 Å². The first-order chi connectivity index (χ1) is 6.01. The van der Waals surface area contributed by atoms with E-state index in [9.17, 15) is 4.57 Å². The van der Waals surface area contributed by atoms with Gasteiger partial charge in [-0.3, -0.25) is 4.57 Å². The van der Waals surface area contributed by atoms with Gasteiger partial charge in [-0.15, -0.1) is 0 Å². The molecule has 0 aromatic carbocycles. The molecule has 5 N–H and O–H groups in total. The van der Waals surface area contributed by atoms with E-state index in [2.05, 4.69) is 0 Å². The summed E-state index contributed by atoms with van der Waals surface area (Å²) in [6.45, 7) is 0. The number of allylic oxidation sites excluding steroid dienone is 2. The van der Waals surface area contributed by atoms with Crippen molar-refractivity contribution in [3.63, 3.8) is 0 Å². The van der Waals surface area contributed by atoms with E-state index in [0.717, 1.165) is 9.55 Å². The van der Waals surface area contributed by atoms with E-state index in [-0.39, 0.29) is 0 Å². The number of nitrogens with two attached hydrogens (primary N) is 2. The van der Waals surface area contributed by atoms with Crippen molar-refractivity contribution < 1.29 is 9.46 Å². The molecule has 0 aromatic rings. The highest BCUT2D eigenvalue weighted by Gasteiger charge is 2.17. The summed E-state index contributed by atoms with van der Waals surface area (Å²) in [6, 6.07) is 0. The van der Waals surface area contributed by atoms with Gasteiger partial charge in [0, 0.05) is 11.7 Å². The van der Waals surface area contributed by atoms with Crippen molar-refractivity contribution in [3.8, 4) is 0 Å². The maximum Gasteiger partial charge on any atom is 0.217 e. The Balaban J connectivity index is 0.000000671. The third-order valence-electron chi connectivity index (χ3n) is 1.50. The summed E-state index contributed by atoms with van der Waals surface area (Å²) in [7, 11) is -1.79. The molecule has 1 atom stereocenters. The van der Waals surface area contributed by atoms with Crippen molar-refractivity contribution in [3.05, 3.63) is 23.5 Å². The van der Waals surface area contributed by atoms with Gasteiger partial charge in [-0.1, -0.05) is 12.2 Å². The Morgan fingerprint density at radius 3 is 2.46 bits per heavy atom. The molecular weight excluding hydrogens is 227 g/mol. The monoisotopic (exact) mass is 240 g/mol. The zero-order valence-electron chi connectivity index (χ0n) is 7.33. The van der Waals surface area contributed by atoms with Crippen molar-refractivity contribution in [2.45, 2.75) is 12.1 Å². The van der Waals surface area contributed by atoms with Crippen LogP contribution in [0.2, 0.25) is 0 Å². The van der Waals surface area contributed by atoms with E-state index in [1.54, 1.807) is 12.2 Å². The van der Waals surface area contributed by atoms with E-state index < -0.39 is 13.7 Å². The second-order valence-electron chi connectivity index (χ2n) is 2.61. The minimum Gasteiger partial charge on any atom is -0.343 e. The number of rotatable bonds is 1. The van der Waals surface area contributed by atoms with Gasteiger partial charge >= 0.3 is 0 Å². The Labute approximate surface area is 85.6 Å². The van der Waals surface area contributed by atoms with Gasteiger partial charge in [0.1, 0.15) is 9.55 Å². The van der Waals surface area contributed by atoms with Crippen LogP contribution in [0.4, 0.5) is 0 Å². The predicted octanol–water partition coefficient (Wildman–Crippen LogP) is -0.584. The maximum atomic E-state index is 10.5. The zero-order chi connectivity index (χ0) is 10.5. The van der Waals surface area contributed by atoms with Crippen molar-refractivity contribution in [1.82, 2.24) is 0 Å². The van der Waals surface area contributed by atoms with Crippen molar-refractivity contribution >= 4 is 28.7 Å². The summed E-state index contributed by atoms with van der Waals surface area (Å²) in [5.74, 6) is 0. The van der Waals surface area contributed by atoms with Crippen LogP contribution in [0.15, 0.2) is 23.5 Å². The van der Waals surface area contributed by atoms with Crippen LogP contribution in [-0.4, -0.2) is 20.1 Å². The third kappa shape index (κ3) is 4.76. The van der Waals surface area contributed by atoms with Gasteiger partial charge in [0.2, 0.25) is 8.03 Å². The summed E-state index contributed by atoms with van der Waals surface area (Å²) >= 11 is 4.78. The summed E-state index contributed by atoms with van der Waals surface area (Å²) in [4.78, 5) is 8.69. The molecule has 7 heteroatoms. The predicted molar refractivity (Wildman–Crippen MR) is 60.0 cm³/mol. The van der Waals surface area contributed by atoms with Gasteiger partial charge in [0.25, 0.3) is 0 Å². The standard InChI is InChI=1S/C6H11N2O2P.ClH3Si/c7-6(8)3-1-5(2-4-6)11(9)10;1-2/h1-3,11H,4,7-8H2,(H,9,10);2H3. The van der Waals surface area contributed by atoms with E-state index in [1.165, 1.54) is 6.08 Å². The average molecular weight is 241 g/mol. The Hall–Kier alpha value is 0.0969. The maximum absolute atomic E-state index is 10.5. The Morgan fingerprint density at radius 2 is 2.15 bits per heavy atom. The summed E-state index contributed by atoms with van der Waals surface area (Å²) in [6.07, 6.45) is 5.06. The van der Waals surface area contributed by atoms with Crippen LogP contribution >= 0.6 is 19.1 Å². The molecule has 1 aliphatic carbocycles. The Kier molecular flexibility index (Phi) is 5.79. The quantitative estimate of drug-likeness (QED) is 0.248. The van der Waals surface area contributed by atoms with Gasteiger partial charge in [-0.05, 0) is 6.08 Å². The van der Waals surface area contributed by atoms with Crippen LogP contribution in [0.3, 0.4) is 0 Å². The topological polar surface area (TPSA) is 89.3 Å². The molecule has 1 aliphatic rings. The number of hydrogen-bond donors (Lipinski definition) is 3. The minimum absolute atomic E-state index is 0.413. The van der Waals surface area contributed by atoms with Crippen LogP contribution in [0.1, 0.15) is 6.42 Å². The van der Waals surface area contributed by atoms with Gasteiger partial charge in [-0.25, -0.2) is 0 Å². The van der Waals surface area contributed by atoms with Gasteiger partial charge in [-0.2, -0.15) is 11.1 Å². The fourth-order valence-corrected chi connectivity index (χ4v) is 1.33. The third-order valence-corrected chi connectivity index (χ3v) is 2.36. The molecule has 0 saturated carbocycles. The lowest BCUT2D eigenvalue weighted by atomic mass is 10.0. The lowest BCUT2D eigenvalue weighted by Gasteiger charge is -2.21. The molecule has 0 fully saturated rings. The largest absolute Gasteiger partial charge is 0.343 e. The smallest absolute Gasteiger partial charge is 0.217 e. The molecule has 0 aromatic heterocycles. The molecule has 0 amide bonds. The molecule has 0 heterocycles. The highest BCUT2D eigenvalue weighted by atomic mass is 35.6. The van der Waals surface area contributed by atoms with Gasteiger partial charge in [0.15, 0.2) is 0 Å². The van der Waals surface area contributed by atoms with Crippen LogP contribution < -0.4 is 11.5 Å². The summed E-state index contributed by atoms with van der Waals surface area (Å²) < 4.78 is 10.5. The van der Waals surface area contributed by atoms with E-state index >= 15 is 0 Å². The van der Waals surface area contributed by atoms with Crippen molar-refractivity contribution in [2.75, 3.05) is 0 Å². The molecule has 1 rings (SSSR count). The van der Waals surface area contributed by atoms with Gasteiger partial charge in [0.05, 0.1) is 5.66 Å². The molecule has 76 valence electrons. The average Bonchev–Trinajstić information content (AvgIpc) is 2.07. The van der Waals surface area contributed by atoms with Crippen LogP contribution in [0, 0.1) is 0 Å². The fraction of sp³-hybridized carbons (Fsp3) is 0.333. The van der Waals surface area contributed by atoms with Crippen molar-refractivity contribution in [1.29, 1.82) is 0 Å². The molecule has 0 radical (unpaired) electrons. The number of halogens is 1. The molecule has 13 heavy (non-hydrogen) atoms. The molecule has 1 unspecified atom stereocenters. The SMILES string of the molecule is NC1(N)C=CC([PH](=O)O)=CC1.[SiH3]Cl. The van der Waals surface area contributed by atoms with E-state index in [0.29, 0.717) is 11.7 Å². The lowest BCUT2D eigenvalue weighted by molar-refractivity contribution is 0.508. The second-order valence-corrected chi connectivity index (χ2v) is 3.80. The molecule has 0 aliphatic heterocycles. The first kappa shape index (κ1) is 13.1. The normalized spacial score (nSPS) is 21.4. The summed E-state index contributed by atoms with van der Waals surface area (Å²) in [5.41, 5.74) is 10.2. The van der Waals surface area contributed by atoms with Gasteiger partial charge < -0.3 is 16.4 Å². The summed E-state index contributed by atoms with van der Waals surface area (Å²) in [5, 5.41) is 0.432. The molecule has 0 bridgehead atoms. The Bertz CT molecular complexity index is 255. The second kappa shape index (κ2) is 5.75. The van der Waals surface area contributed by atoms with Crippen LogP contribution in [0.5, 0.6) is 0 Å². The Morgan fingerprint density at radius 1 is 1.62 bits per heavy atom. The molecular formula is C6H14ClN2O2PSi. The minimum atomic E-state index is -2.57. The number of hydrogen-bond acceptors (Lipinski definition) is 3. The fourth-order valence-electron chi connectivity index (χ4n) is 0.826. The van der Waals surface area contributed by atoms with Crippen LogP contribution in [-0.2, 0) is 4.57 Å². The zero-order valence-corrected chi connectivity index (χ0v) is 11.1. The molecule has 0 saturated heterocycles. The molecule has 0 spiro atoms. The molecule has 4 nitrogen and oxygen atoms in total. The van der Waals surface area contributed by atoms with E-state index in [1.807, 2.05) is 0 Å². The highest BCUT2D eigenvalue weighted by Crippen LogP contribution is 2.31. The first-order valence-electron chi connectivity index (χ1n) is 3.59. The van der Waals surface area contributed by atoms with Crippen molar-refractivity contribution in [2.24, 2.45) is 11.5 Å². The first-order valence-corrected chi connectivity index (χ1v) is 7.97. The highest BCUT2D eigenvalue weighted by molar-refractivity contribution is 7.43. The lowest BCUT2D eigenvalue weighted by Crippen LogP contribution is -2.47. The van der Waals surface area contributed by atoms with Crippen LogP contribution in [0.25, 0.3) is 0 Å².